The number of carbonyl (C=O) groups excluding carboxylic acids is 2. The summed E-state index contributed by atoms with van der Waals surface area (Å²) < 4.78 is 38.7. The molecule has 0 spiro atoms. The fourth-order valence-corrected chi connectivity index (χ4v) is 2.46. The van der Waals surface area contributed by atoms with Crippen molar-refractivity contribution in [3.05, 3.63) is 29.8 Å². The molecule has 0 atom stereocenters. The molecule has 0 aliphatic carbocycles. The van der Waals surface area contributed by atoms with Crippen LogP contribution in [0.1, 0.15) is 18.4 Å². The lowest BCUT2D eigenvalue weighted by atomic mass is 10.0. The summed E-state index contributed by atoms with van der Waals surface area (Å²) in [6, 6.07) is 5.07. The number of piperidine rings is 1. The van der Waals surface area contributed by atoms with Crippen LogP contribution in [0.15, 0.2) is 24.3 Å². The van der Waals surface area contributed by atoms with Gasteiger partial charge in [-0.2, -0.15) is 13.2 Å². The second kappa shape index (κ2) is 6.25. The van der Waals surface area contributed by atoms with Crippen molar-refractivity contribution in [1.29, 1.82) is 0 Å². The molecule has 0 radical (unpaired) electrons. The van der Waals surface area contributed by atoms with E-state index in [0.29, 0.717) is 12.8 Å². The van der Waals surface area contributed by atoms with Gasteiger partial charge in [-0.15, -0.1) is 0 Å². The number of halogens is 3. The van der Waals surface area contributed by atoms with Crippen LogP contribution in [0.3, 0.4) is 0 Å². The SMILES string of the molecule is NC(=O)C(=O)N1CCC(Nc2ccccc2C(F)(F)F)CC1. The van der Waals surface area contributed by atoms with Gasteiger partial charge in [-0.3, -0.25) is 9.59 Å². The van der Waals surface area contributed by atoms with Gasteiger partial charge < -0.3 is 16.0 Å². The minimum Gasteiger partial charge on any atom is -0.382 e. The van der Waals surface area contributed by atoms with Crippen molar-refractivity contribution in [2.75, 3.05) is 18.4 Å². The van der Waals surface area contributed by atoms with Gasteiger partial charge in [0.25, 0.3) is 0 Å². The predicted octanol–water partition coefficient (Wildman–Crippen LogP) is 1.59. The second-order valence-corrected chi connectivity index (χ2v) is 5.12. The van der Waals surface area contributed by atoms with Crippen molar-refractivity contribution < 1.29 is 22.8 Å². The highest BCUT2D eigenvalue weighted by Gasteiger charge is 2.34. The summed E-state index contributed by atoms with van der Waals surface area (Å²) in [5, 5.41) is 2.87. The number of anilines is 1. The first-order valence-electron chi connectivity index (χ1n) is 6.80. The summed E-state index contributed by atoms with van der Waals surface area (Å²) in [5.41, 5.74) is 4.23. The maximum atomic E-state index is 12.9. The Morgan fingerprint density at radius 1 is 1.18 bits per heavy atom. The van der Waals surface area contributed by atoms with E-state index < -0.39 is 23.6 Å². The number of primary amides is 1. The van der Waals surface area contributed by atoms with E-state index in [1.54, 1.807) is 0 Å². The third kappa shape index (κ3) is 3.69. The summed E-state index contributed by atoms with van der Waals surface area (Å²) >= 11 is 0. The minimum absolute atomic E-state index is 0.0228. The number of hydrogen-bond acceptors (Lipinski definition) is 3. The molecule has 0 saturated carbocycles. The zero-order valence-corrected chi connectivity index (χ0v) is 11.7. The molecule has 1 aromatic rings. The van der Waals surface area contributed by atoms with Gasteiger partial charge in [0.2, 0.25) is 0 Å². The van der Waals surface area contributed by atoms with E-state index >= 15 is 0 Å². The monoisotopic (exact) mass is 315 g/mol. The highest BCUT2D eigenvalue weighted by molar-refractivity contribution is 6.34. The number of nitrogens with two attached hydrogens (primary N) is 1. The number of carbonyl (C=O) groups is 2. The molecule has 1 saturated heterocycles. The molecule has 2 rings (SSSR count). The fourth-order valence-electron chi connectivity index (χ4n) is 2.46. The number of para-hydroxylation sites is 1. The maximum Gasteiger partial charge on any atom is 0.418 e. The maximum absolute atomic E-state index is 12.9. The molecular formula is C14H16F3N3O2. The topological polar surface area (TPSA) is 75.4 Å². The molecule has 0 bridgehead atoms. The molecule has 1 aliphatic heterocycles. The molecule has 1 aliphatic rings. The average Bonchev–Trinajstić information content (AvgIpc) is 2.46. The first-order valence-corrected chi connectivity index (χ1v) is 6.80. The molecule has 120 valence electrons. The molecule has 1 aromatic carbocycles. The van der Waals surface area contributed by atoms with E-state index in [9.17, 15) is 22.8 Å². The highest BCUT2D eigenvalue weighted by Crippen LogP contribution is 2.35. The summed E-state index contributed by atoms with van der Waals surface area (Å²) in [6.07, 6.45) is -3.53. The number of alkyl halides is 3. The zero-order chi connectivity index (χ0) is 16.3. The second-order valence-electron chi connectivity index (χ2n) is 5.12. The predicted molar refractivity (Wildman–Crippen MR) is 73.9 cm³/mol. The van der Waals surface area contributed by atoms with Crippen LogP contribution < -0.4 is 11.1 Å². The molecule has 2 amide bonds. The van der Waals surface area contributed by atoms with E-state index in [2.05, 4.69) is 5.32 Å². The van der Waals surface area contributed by atoms with Gasteiger partial charge in [0.1, 0.15) is 0 Å². The van der Waals surface area contributed by atoms with Crippen LogP contribution >= 0.6 is 0 Å². The molecule has 1 heterocycles. The number of amides is 2. The number of likely N-dealkylation sites (tertiary alicyclic amines) is 1. The number of nitrogens with one attached hydrogen (secondary N) is 1. The lowest BCUT2D eigenvalue weighted by Crippen LogP contribution is -2.47. The lowest BCUT2D eigenvalue weighted by Gasteiger charge is -2.32. The van der Waals surface area contributed by atoms with E-state index in [-0.39, 0.29) is 24.8 Å². The number of nitrogens with zero attached hydrogens (tertiary/aromatic N) is 1. The van der Waals surface area contributed by atoms with Crippen LogP contribution in [-0.4, -0.2) is 35.8 Å². The van der Waals surface area contributed by atoms with E-state index in [4.69, 9.17) is 5.73 Å². The molecule has 0 aromatic heterocycles. The number of rotatable bonds is 2. The Balaban J connectivity index is 2.00. The van der Waals surface area contributed by atoms with Crippen LogP contribution in [0.4, 0.5) is 18.9 Å². The summed E-state index contributed by atoms with van der Waals surface area (Å²) in [7, 11) is 0. The van der Waals surface area contributed by atoms with Crippen molar-refractivity contribution in [2.45, 2.75) is 25.1 Å². The smallest absolute Gasteiger partial charge is 0.382 e. The van der Waals surface area contributed by atoms with Crippen LogP contribution in [0.25, 0.3) is 0 Å². The molecule has 8 heteroatoms. The lowest BCUT2D eigenvalue weighted by molar-refractivity contribution is -0.144. The zero-order valence-electron chi connectivity index (χ0n) is 11.7. The minimum atomic E-state index is -4.42. The summed E-state index contributed by atoms with van der Waals surface area (Å²) in [6.45, 7) is 0.571. The van der Waals surface area contributed by atoms with Gasteiger partial charge in [-0.1, -0.05) is 12.1 Å². The average molecular weight is 315 g/mol. The molecule has 3 N–H and O–H groups in total. The normalized spacial score (nSPS) is 16.4. The number of hydrogen-bond donors (Lipinski definition) is 2. The van der Waals surface area contributed by atoms with Crippen molar-refractivity contribution in [1.82, 2.24) is 4.90 Å². The summed E-state index contributed by atoms with van der Waals surface area (Å²) in [4.78, 5) is 23.6. The van der Waals surface area contributed by atoms with Gasteiger partial charge in [0, 0.05) is 24.8 Å². The third-order valence-electron chi connectivity index (χ3n) is 3.59. The van der Waals surface area contributed by atoms with Crippen molar-refractivity contribution in [3.63, 3.8) is 0 Å². The van der Waals surface area contributed by atoms with Crippen molar-refractivity contribution >= 4 is 17.5 Å². The molecule has 0 unspecified atom stereocenters. The van der Waals surface area contributed by atoms with Crippen LogP contribution in [0, 0.1) is 0 Å². The Hall–Kier alpha value is -2.25. The Bertz CT molecular complexity index is 567. The van der Waals surface area contributed by atoms with E-state index in [0.717, 1.165) is 6.07 Å². The number of benzene rings is 1. The van der Waals surface area contributed by atoms with Crippen LogP contribution in [0.5, 0.6) is 0 Å². The Kier molecular flexibility index (Phi) is 4.58. The van der Waals surface area contributed by atoms with Gasteiger partial charge in [-0.25, -0.2) is 0 Å². The van der Waals surface area contributed by atoms with Gasteiger partial charge in [0.15, 0.2) is 0 Å². The van der Waals surface area contributed by atoms with Gasteiger partial charge in [-0.05, 0) is 25.0 Å². The van der Waals surface area contributed by atoms with E-state index in [1.807, 2.05) is 0 Å². The van der Waals surface area contributed by atoms with Gasteiger partial charge >= 0.3 is 18.0 Å². The summed E-state index contributed by atoms with van der Waals surface area (Å²) in [5.74, 6) is -1.78. The van der Waals surface area contributed by atoms with Crippen LogP contribution in [0.2, 0.25) is 0 Å². The Morgan fingerprint density at radius 2 is 1.77 bits per heavy atom. The van der Waals surface area contributed by atoms with Crippen molar-refractivity contribution in [3.8, 4) is 0 Å². The fraction of sp³-hybridized carbons (Fsp3) is 0.429. The first kappa shape index (κ1) is 16.1. The standard InChI is InChI=1S/C14H16F3N3O2/c15-14(16,17)10-3-1-2-4-11(10)19-9-5-7-20(8-6-9)13(22)12(18)21/h1-4,9,19H,5-8H2,(H2,18,21). The molecule has 22 heavy (non-hydrogen) atoms. The molecule has 1 fully saturated rings. The van der Waals surface area contributed by atoms with E-state index in [1.165, 1.54) is 23.1 Å². The van der Waals surface area contributed by atoms with Gasteiger partial charge in [0.05, 0.1) is 5.56 Å². The largest absolute Gasteiger partial charge is 0.418 e. The quantitative estimate of drug-likeness (QED) is 0.814. The Morgan fingerprint density at radius 3 is 2.32 bits per heavy atom. The Labute approximate surface area is 125 Å². The molecular weight excluding hydrogens is 299 g/mol. The molecule has 5 nitrogen and oxygen atoms in total. The van der Waals surface area contributed by atoms with Crippen LogP contribution in [-0.2, 0) is 15.8 Å². The first-order chi connectivity index (χ1) is 10.3. The highest BCUT2D eigenvalue weighted by atomic mass is 19.4. The third-order valence-corrected chi connectivity index (χ3v) is 3.59. The van der Waals surface area contributed by atoms with Crippen molar-refractivity contribution in [2.24, 2.45) is 5.73 Å².